The number of likely N-dealkylation sites (tertiary alicyclic amines) is 1. The molecule has 7 heteroatoms. The van der Waals surface area contributed by atoms with E-state index in [9.17, 15) is 14.4 Å². The molecule has 1 aliphatic heterocycles. The Balaban J connectivity index is 1.28. The Hall–Kier alpha value is -3.35. The van der Waals surface area contributed by atoms with E-state index in [1.165, 1.54) is 11.1 Å². The van der Waals surface area contributed by atoms with Crippen LogP contribution in [0.25, 0.3) is 11.1 Å². The summed E-state index contributed by atoms with van der Waals surface area (Å²) in [4.78, 5) is 37.7. The highest BCUT2D eigenvalue weighted by Crippen LogP contribution is 2.44. The SMILES string of the molecule is CCCC(CC(=O)N1CC(CCC(=O)O)C1)NC(=O)OCC1c2ccccc2-c2ccccc21. The summed E-state index contributed by atoms with van der Waals surface area (Å²) in [6, 6.07) is 16.1. The van der Waals surface area contributed by atoms with E-state index in [1.54, 1.807) is 4.90 Å². The predicted octanol–water partition coefficient (Wildman–Crippen LogP) is 4.41. The minimum Gasteiger partial charge on any atom is -0.481 e. The van der Waals surface area contributed by atoms with Crippen LogP contribution >= 0.6 is 0 Å². The molecular formula is C27H32N2O5. The number of nitrogens with zero attached hydrogens (tertiary/aromatic N) is 1. The van der Waals surface area contributed by atoms with Gasteiger partial charge in [-0.2, -0.15) is 0 Å². The largest absolute Gasteiger partial charge is 0.481 e. The maximum atomic E-state index is 12.6. The van der Waals surface area contributed by atoms with Crippen LogP contribution in [-0.2, 0) is 14.3 Å². The second-order valence-electron chi connectivity index (χ2n) is 9.26. The number of carbonyl (C=O) groups is 3. The number of benzene rings is 2. The second-order valence-corrected chi connectivity index (χ2v) is 9.26. The summed E-state index contributed by atoms with van der Waals surface area (Å²) in [6.45, 7) is 3.44. The highest BCUT2D eigenvalue weighted by molar-refractivity contribution is 5.80. The molecule has 0 saturated carbocycles. The molecule has 2 aliphatic rings. The van der Waals surface area contributed by atoms with Crippen molar-refractivity contribution in [2.24, 2.45) is 5.92 Å². The van der Waals surface area contributed by atoms with E-state index in [0.717, 1.165) is 17.5 Å². The number of rotatable bonds is 10. The molecule has 0 aromatic heterocycles. The summed E-state index contributed by atoms with van der Waals surface area (Å²) >= 11 is 0. The Morgan fingerprint density at radius 2 is 1.68 bits per heavy atom. The van der Waals surface area contributed by atoms with Gasteiger partial charge >= 0.3 is 12.1 Å². The maximum absolute atomic E-state index is 12.6. The van der Waals surface area contributed by atoms with Crippen molar-refractivity contribution in [1.82, 2.24) is 10.2 Å². The number of aliphatic carboxylic acids is 1. The van der Waals surface area contributed by atoms with Gasteiger partial charge in [0, 0.05) is 37.9 Å². The molecule has 7 nitrogen and oxygen atoms in total. The van der Waals surface area contributed by atoms with Crippen molar-refractivity contribution >= 4 is 18.0 Å². The van der Waals surface area contributed by atoms with Gasteiger partial charge in [-0.1, -0.05) is 61.9 Å². The normalized spacial score (nSPS) is 15.7. The third-order valence-corrected chi connectivity index (χ3v) is 6.80. The molecule has 1 saturated heterocycles. The van der Waals surface area contributed by atoms with E-state index >= 15 is 0 Å². The number of carboxylic acid groups (broad SMARTS) is 1. The molecule has 180 valence electrons. The first kappa shape index (κ1) is 23.8. The Morgan fingerprint density at radius 1 is 1.06 bits per heavy atom. The van der Waals surface area contributed by atoms with E-state index in [2.05, 4.69) is 29.6 Å². The van der Waals surface area contributed by atoms with Crippen molar-refractivity contribution in [3.05, 3.63) is 59.7 Å². The Morgan fingerprint density at radius 3 is 2.26 bits per heavy atom. The second kappa shape index (κ2) is 10.7. The van der Waals surface area contributed by atoms with Gasteiger partial charge in [0.25, 0.3) is 0 Å². The number of alkyl carbamates (subject to hydrolysis) is 1. The van der Waals surface area contributed by atoms with Crippen molar-refractivity contribution in [2.75, 3.05) is 19.7 Å². The Kier molecular flexibility index (Phi) is 7.50. The zero-order chi connectivity index (χ0) is 24.1. The van der Waals surface area contributed by atoms with Crippen molar-refractivity contribution in [3.8, 4) is 11.1 Å². The number of fused-ring (bicyclic) bond motifs is 3. The van der Waals surface area contributed by atoms with Crippen LogP contribution in [0.4, 0.5) is 4.79 Å². The van der Waals surface area contributed by atoms with Crippen LogP contribution in [0.2, 0.25) is 0 Å². The van der Waals surface area contributed by atoms with Gasteiger partial charge < -0.3 is 20.1 Å². The third kappa shape index (κ3) is 5.41. The fourth-order valence-electron chi connectivity index (χ4n) is 5.00. The van der Waals surface area contributed by atoms with Crippen molar-refractivity contribution in [3.63, 3.8) is 0 Å². The number of carbonyl (C=O) groups excluding carboxylic acids is 2. The summed E-state index contributed by atoms with van der Waals surface area (Å²) in [6.07, 6.45) is 1.97. The summed E-state index contributed by atoms with van der Waals surface area (Å²) in [5, 5.41) is 11.7. The molecule has 2 amide bonds. The molecule has 2 aromatic carbocycles. The number of hydrogen-bond acceptors (Lipinski definition) is 4. The number of ether oxygens (including phenoxy) is 1. The molecule has 1 aliphatic carbocycles. The van der Waals surface area contributed by atoms with Crippen molar-refractivity contribution < 1.29 is 24.2 Å². The molecule has 0 spiro atoms. The van der Waals surface area contributed by atoms with Crippen LogP contribution in [0.3, 0.4) is 0 Å². The van der Waals surface area contributed by atoms with E-state index in [4.69, 9.17) is 9.84 Å². The van der Waals surface area contributed by atoms with Crippen molar-refractivity contribution in [2.45, 2.75) is 51.0 Å². The summed E-state index contributed by atoms with van der Waals surface area (Å²) in [5.74, 6) is -0.572. The van der Waals surface area contributed by atoms with Crippen molar-refractivity contribution in [1.29, 1.82) is 0 Å². The fraction of sp³-hybridized carbons (Fsp3) is 0.444. The standard InChI is InChI=1S/C27H32N2O5/c1-2-7-19(14-25(30)29-15-18(16-29)12-13-26(31)32)28-27(33)34-17-24-22-10-5-3-8-20(22)21-9-4-6-11-23(21)24/h3-6,8-11,18-19,24H,2,7,12-17H2,1H3,(H,28,33)(H,31,32). The monoisotopic (exact) mass is 464 g/mol. The first-order valence-electron chi connectivity index (χ1n) is 12.1. The molecular weight excluding hydrogens is 432 g/mol. The van der Waals surface area contributed by atoms with Gasteiger partial charge in [0.1, 0.15) is 6.61 Å². The summed E-state index contributed by atoms with van der Waals surface area (Å²) in [7, 11) is 0. The van der Waals surface area contributed by atoms with Gasteiger partial charge in [0.05, 0.1) is 0 Å². The molecule has 0 radical (unpaired) electrons. The highest BCUT2D eigenvalue weighted by atomic mass is 16.5. The van der Waals surface area contributed by atoms with E-state index in [-0.39, 0.29) is 43.2 Å². The van der Waals surface area contributed by atoms with Gasteiger partial charge in [0.15, 0.2) is 0 Å². The van der Waals surface area contributed by atoms with Gasteiger partial charge in [-0.25, -0.2) is 4.79 Å². The van der Waals surface area contributed by atoms with E-state index < -0.39 is 12.1 Å². The summed E-state index contributed by atoms with van der Waals surface area (Å²) in [5.41, 5.74) is 4.68. The molecule has 0 bridgehead atoms. The average molecular weight is 465 g/mol. The van der Waals surface area contributed by atoms with Crippen LogP contribution in [-0.4, -0.2) is 53.7 Å². The molecule has 1 heterocycles. The topological polar surface area (TPSA) is 95.9 Å². The lowest BCUT2D eigenvalue weighted by atomic mass is 9.93. The van der Waals surface area contributed by atoms with Crippen LogP contribution in [0.1, 0.15) is 56.1 Å². The zero-order valence-electron chi connectivity index (χ0n) is 19.5. The van der Waals surface area contributed by atoms with E-state index in [0.29, 0.717) is 25.9 Å². The molecule has 2 aromatic rings. The van der Waals surface area contributed by atoms with Crippen LogP contribution < -0.4 is 5.32 Å². The first-order chi connectivity index (χ1) is 16.5. The molecule has 1 unspecified atom stereocenters. The average Bonchev–Trinajstić information content (AvgIpc) is 3.10. The first-order valence-corrected chi connectivity index (χ1v) is 12.1. The molecule has 34 heavy (non-hydrogen) atoms. The van der Waals surface area contributed by atoms with Gasteiger partial charge in [-0.15, -0.1) is 0 Å². The van der Waals surface area contributed by atoms with E-state index in [1.807, 2.05) is 31.2 Å². The van der Waals surface area contributed by atoms with Gasteiger partial charge in [-0.3, -0.25) is 9.59 Å². The smallest absolute Gasteiger partial charge is 0.407 e. The minimum absolute atomic E-state index is 0.00627. The molecule has 4 rings (SSSR count). The van der Waals surface area contributed by atoms with Crippen LogP contribution in [0.15, 0.2) is 48.5 Å². The molecule has 1 fully saturated rings. The highest BCUT2D eigenvalue weighted by Gasteiger charge is 2.32. The molecule has 1 atom stereocenters. The maximum Gasteiger partial charge on any atom is 0.407 e. The number of carboxylic acids is 1. The number of amides is 2. The molecule has 2 N–H and O–H groups in total. The van der Waals surface area contributed by atoms with Crippen LogP contribution in [0, 0.1) is 5.92 Å². The Labute approximate surface area is 200 Å². The zero-order valence-corrected chi connectivity index (χ0v) is 19.5. The quantitative estimate of drug-likeness (QED) is 0.543. The lowest BCUT2D eigenvalue weighted by molar-refractivity contribution is -0.139. The Bertz CT molecular complexity index is 1000. The fourth-order valence-corrected chi connectivity index (χ4v) is 5.00. The van der Waals surface area contributed by atoms with Gasteiger partial charge in [0.2, 0.25) is 5.91 Å². The minimum atomic E-state index is -0.805. The van der Waals surface area contributed by atoms with Crippen LogP contribution in [0.5, 0.6) is 0 Å². The lowest BCUT2D eigenvalue weighted by Crippen LogP contribution is -2.51. The third-order valence-electron chi connectivity index (χ3n) is 6.80. The van der Waals surface area contributed by atoms with Gasteiger partial charge in [-0.05, 0) is 41.0 Å². The number of nitrogens with one attached hydrogen (secondary N) is 1. The predicted molar refractivity (Wildman–Crippen MR) is 128 cm³/mol. The lowest BCUT2D eigenvalue weighted by Gasteiger charge is -2.40. The number of hydrogen-bond donors (Lipinski definition) is 2. The summed E-state index contributed by atoms with van der Waals surface area (Å²) < 4.78 is 5.64.